The Balaban J connectivity index is 1.55. The van der Waals surface area contributed by atoms with Crippen molar-refractivity contribution in [2.24, 2.45) is 36.6 Å². The van der Waals surface area contributed by atoms with Gasteiger partial charge in [0.2, 0.25) is 0 Å². The summed E-state index contributed by atoms with van der Waals surface area (Å²) < 4.78 is 1.94. The first-order chi connectivity index (χ1) is 10.2. The molecular weight excluding hydrogens is 260 g/mol. The predicted molar refractivity (Wildman–Crippen MR) is 82.7 cm³/mol. The van der Waals surface area contributed by atoms with Crippen LogP contribution in [0.25, 0.3) is 0 Å². The molecular formula is C17H28N4. The first-order valence-electron chi connectivity index (χ1n) is 8.80. The topological polar surface area (TPSA) is 42.7 Å². The standard InChI is InChI=1S/C17H28N4/c1-3-18-15(9-16-19-10-20-21(16)2)17-13-5-11-4-12(7-13)8-14(17)6-11/h10-15,17-18H,3-9H2,1-2H3. The van der Waals surface area contributed by atoms with Crippen molar-refractivity contribution in [3.05, 3.63) is 12.2 Å². The molecule has 116 valence electrons. The summed E-state index contributed by atoms with van der Waals surface area (Å²) in [6.07, 6.45) is 10.3. The van der Waals surface area contributed by atoms with Crippen LogP contribution in [0.15, 0.2) is 6.33 Å². The molecule has 4 aliphatic rings. The second kappa shape index (κ2) is 5.38. The van der Waals surface area contributed by atoms with Gasteiger partial charge in [0.25, 0.3) is 0 Å². The molecule has 1 aromatic rings. The maximum Gasteiger partial charge on any atom is 0.138 e. The third kappa shape index (κ3) is 2.41. The Labute approximate surface area is 127 Å². The van der Waals surface area contributed by atoms with Crippen LogP contribution >= 0.6 is 0 Å². The molecule has 4 saturated carbocycles. The molecule has 0 aromatic carbocycles. The fourth-order valence-electron chi connectivity index (χ4n) is 5.93. The largest absolute Gasteiger partial charge is 0.314 e. The normalized spacial score (nSPS) is 38.9. The van der Waals surface area contributed by atoms with Gasteiger partial charge in [-0.2, -0.15) is 5.10 Å². The third-order valence-corrected chi connectivity index (χ3v) is 6.44. The van der Waals surface area contributed by atoms with Crippen LogP contribution in [0.3, 0.4) is 0 Å². The summed E-state index contributed by atoms with van der Waals surface area (Å²) in [6.45, 7) is 3.30. The van der Waals surface area contributed by atoms with Gasteiger partial charge >= 0.3 is 0 Å². The summed E-state index contributed by atoms with van der Waals surface area (Å²) in [7, 11) is 2.02. The van der Waals surface area contributed by atoms with Crippen LogP contribution in [-0.4, -0.2) is 27.4 Å². The Morgan fingerprint density at radius 2 is 1.86 bits per heavy atom. The van der Waals surface area contributed by atoms with Gasteiger partial charge in [-0.15, -0.1) is 0 Å². The lowest BCUT2D eigenvalue weighted by Gasteiger charge is -2.56. The first kappa shape index (κ1) is 13.7. The fraction of sp³-hybridized carbons (Fsp3) is 0.882. The zero-order chi connectivity index (χ0) is 14.4. The zero-order valence-corrected chi connectivity index (χ0v) is 13.3. The minimum absolute atomic E-state index is 0.591. The molecule has 21 heavy (non-hydrogen) atoms. The maximum atomic E-state index is 4.46. The second-order valence-electron chi connectivity index (χ2n) is 7.68. The number of aryl methyl sites for hydroxylation is 1. The van der Waals surface area contributed by atoms with Crippen LogP contribution in [0, 0.1) is 29.6 Å². The smallest absolute Gasteiger partial charge is 0.138 e. The quantitative estimate of drug-likeness (QED) is 0.905. The Morgan fingerprint density at radius 1 is 1.19 bits per heavy atom. The van der Waals surface area contributed by atoms with Crippen molar-refractivity contribution in [3.8, 4) is 0 Å². The SMILES string of the molecule is CCNC(Cc1ncnn1C)C1C2CC3CC(C2)CC1C3. The highest BCUT2D eigenvalue weighted by molar-refractivity contribution is 5.03. The minimum Gasteiger partial charge on any atom is -0.314 e. The number of likely N-dealkylation sites (N-methyl/N-ethyl adjacent to an activating group) is 1. The molecule has 0 spiro atoms. The Morgan fingerprint density at radius 3 is 2.38 bits per heavy atom. The van der Waals surface area contributed by atoms with E-state index in [0.29, 0.717) is 6.04 Å². The summed E-state index contributed by atoms with van der Waals surface area (Å²) in [5.74, 6) is 6.06. The highest BCUT2D eigenvalue weighted by atomic mass is 15.3. The van der Waals surface area contributed by atoms with Crippen molar-refractivity contribution >= 4 is 0 Å². The van der Waals surface area contributed by atoms with Crippen molar-refractivity contribution in [1.29, 1.82) is 0 Å². The van der Waals surface area contributed by atoms with E-state index in [4.69, 9.17) is 0 Å². The van der Waals surface area contributed by atoms with Crippen molar-refractivity contribution < 1.29 is 0 Å². The first-order valence-corrected chi connectivity index (χ1v) is 8.80. The van der Waals surface area contributed by atoms with Crippen LogP contribution in [0.5, 0.6) is 0 Å². The molecule has 5 rings (SSSR count). The lowest BCUT2D eigenvalue weighted by molar-refractivity contribution is -0.0518. The zero-order valence-electron chi connectivity index (χ0n) is 13.3. The molecule has 4 bridgehead atoms. The van der Waals surface area contributed by atoms with E-state index in [1.165, 1.54) is 32.1 Å². The van der Waals surface area contributed by atoms with Crippen LogP contribution in [0.2, 0.25) is 0 Å². The summed E-state index contributed by atoms with van der Waals surface area (Å²) in [6, 6.07) is 0.591. The van der Waals surface area contributed by atoms with Crippen LogP contribution in [-0.2, 0) is 13.5 Å². The van der Waals surface area contributed by atoms with Gasteiger partial charge in [-0.1, -0.05) is 6.92 Å². The van der Waals surface area contributed by atoms with E-state index in [0.717, 1.165) is 48.4 Å². The molecule has 1 N–H and O–H groups in total. The van der Waals surface area contributed by atoms with E-state index in [1.807, 2.05) is 11.7 Å². The van der Waals surface area contributed by atoms with Crippen LogP contribution < -0.4 is 5.32 Å². The average Bonchev–Trinajstić information content (AvgIpc) is 2.83. The van der Waals surface area contributed by atoms with Gasteiger partial charge < -0.3 is 5.32 Å². The molecule has 1 aromatic heterocycles. The summed E-state index contributed by atoms with van der Waals surface area (Å²) >= 11 is 0. The van der Waals surface area contributed by atoms with Crippen molar-refractivity contribution in [2.45, 2.75) is 51.5 Å². The van der Waals surface area contributed by atoms with Crippen LogP contribution in [0.1, 0.15) is 44.9 Å². The predicted octanol–water partition coefficient (Wildman–Crippen LogP) is 2.41. The highest BCUT2D eigenvalue weighted by Crippen LogP contribution is 2.57. The van der Waals surface area contributed by atoms with Gasteiger partial charge in [-0.25, -0.2) is 4.98 Å². The minimum atomic E-state index is 0.591. The maximum absolute atomic E-state index is 4.46. The van der Waals surface area contributed by atoms with Gasteiger partial charge in [-0.3, -0.25) is 4.68 Å². The van der Waals surface area contributed by atoms with Gasteiger partial charge in [0.05, 0.1) is 0 Å². The van der Waals surface area contributed by atoms with E-state index in [1.54, 1.807) is 6.33 Å². The van der Waals surface area contributed by atoms with Gasteiger partial charge in [-0.05, 0) is 68.2 Å². The van der Waals surface area contributed by atoms with Gasteiger partial charge in [0.15, 0.2) is 0 Å². The number of rotatable bonds is 5. The molecule has 0 amide bonds. The molecule has 1 heterocycles. The molecule has 1 unspecified atom stereocenters. The monoisotopic (exact) mass is 288 g/mol. The van der Waals surface area contributed by atoms with E-state index in [2.05, 4.69) is 22.3 Å². The summed E-state index contributed by atoms with van der Waals surface area (Å²) in [5.41, 5.74) is 0. The Hall–Kier alpha value is -0.900. The van der Waals surface area contributed by atoms with Crippen molar-refractivity contribution in [3.63, 3.8) is 0 Å². The van der Waals surface area contributed by atoms with Gasteiger partial charge in [0.1, 0.15) is 12.2 Å². The van der Waals surface area contributed by atoms with Crippen LogP contribution in [0.4, 0.5) is 0 Å². The molecule has 0 saturated heterocycles. The molecule has 4 fully saturated rings. The number of aromatic nitrogens is 3. The Kier molecular flexibility index (Phi) is 3.52. The molecule has 1 atom stereocenters. The summed E-state index contributed by atoms with van der Waals surface area (Å²) in [5, 5.41) is 8.04. The molecule has 4 heteroatoms. The lowest BCUT2D eigenvalue weighted by atomic mass is 9.50. The average molecular weight is 288 g/mol. The second-order valence-corrected chi connectivity index (χ2v) is 7.68. The van der Waals surface area contributed by atoms with Crippen molar-refractivity contribution in [2.75, 3.05) is 6.54 Å². The van der Waals surface area contributed by atoms with Crippen molar-refractivity contribution in [1.82, 2.24) is 20.1 Å². The van der Waals surface area contributed by atoms with E-state index in [-0.39, 0.29) is 0 Å². The van der Waals surface area contributed by atoms with Gasteiger partial charge in [0, 0.05) is 19.5 Å². The highest BCUT2D eigenvalue weighted by Gasteiger charge is 2.50. The number of nitrogens with zero attached hydrogens (tertiary/aromatic N) is 3. The molecule has 4 nitrogen and oxygen atoms in total. The molecule has 4 aliphatic carbocycles. The van der Waals surface area contributed by atoms with E-state index in [9.17, 15) is 0 Å². The lowest BCUT2D eigenvalue weighted by Crippen LogP contribution is -2.53. The fourth-order valence-corrected chi connectivity index (χ4v) is 5.93. The van der Waals surface area contributed by atoms with E-state index >= 15 is 0 Å². The molecule has 0 radical (unpaired) electrons. The number of nitrogens with one attached hydrogen (secondary N) is 1. The number of hydrogen-bond acceptors (Lipinski definition) is 3. The number of hydrogen-bond donors (Lipinski definition) is 1. The third-order valence-electron chi connectivity index (χ3n) is 6.44. The van der Waals surface area contributed by atoms with E-state index < -0.39 is 0 Å². The Bertz CT molecular complexity index is 467. The molecule has 0 aliphatic heterocycles. The summed E-state index contributed by atoms with van der Waals surface area (Å²) in [4.78, 5) is 4.46.